The molecule has 1 rings (SSSR count). The highest BCUT2D eigenvalue weighted by molar-refractivity contribution is 5.94. The van der Waals surface area contributed by atoms with Crippen molar-refractivity contribution in [1.82, 2.24) is 0 Å². The molecule has 0 unspecified atom stereocenters. The summed E-state index contributed by atoms with van der Waals surface area (Å²) in [7, 11) is 1.51. The fraction of sp³-hybridized carbons (Fsp3) is 0.471. The quantitative estimate of drug-likeness (QED) is 0.532. The van der Waals surface area contributed by atoms with Crippen molar-refractivity contribution in [2.45, 2.75) is 26.7 Å². The van der Waals surface area contributed by atoms with Crippen LogP contribution in [0.5, 0.6) is 0 Å². The Morgan fingerprint density at radius 2 is 1.54 bits per heavy atom. The minimum absolute atomic E-state index is 0.0120. The molecule has 0 saturated heterocycles. The summed E-state index contributed by atoms with van der Waals surface area (Å²) in [5, 5.41) is 5.45. The largest absolute Gasteiger partial charge is 0.463 e. The van der Waals surface area contributed by atoms with Crippen LogP contribution in [0.25, 0.3) is 0 Å². The van der Waals surface area contributed by atoms with Crippen LogP contribution in [0, 0.1) is 5.92 Å². The first-order valence-electron chi connectivity index (χ1n) is 7.77. The van der Waals surface area contributed by atoms with Gasteiger partial charge in [-0.05, 0) is 24.3 Å². The number of hydrogen-bond acceptors (Lipinski definition) is 5. The monoisotopic (exact) mass is 336 g/mol. The number of methoxy groups -OCH3 is 1. The Kier molecular flexibility index (Phi) is 8.49. The van der Waals surface area contributed by atoms with Crippen LogP contribution in [0.1, 0.15) is 26.7 Å². The van der Waals surface area contributed by atoms with Gasteiger partial charge in [-0.25, -0.2) is 0 Å². The summed E-state index contributed by atoms with van der Waals surface area (Å²) in [6.45, 7) is 4.13. The van der Waals surface area contributed by atoms with Gasteiger partial charge in [0.1, 0.15) is 6.61 Å². The van der Waals surface area contributed by atoms with Crippen LogP contribution >= 0.6 is 0 Å². The maximum atomic E-state index is 11.8. The lowest BCUT2D eigenvalue weighted by molar-refractivity contribution is -0.145. The van der Waals surface area contributed by atoms with Crippen LogP contribution < -0.4 is 10.6 Å². The zero-order valence-corrected chi connectivity index (χ0v) is 14.3. The van der Waals surface area contributed by atoms with Crippen molar-refractivity contribution in [2.24, 2.45) is 5.92 Å². The summed E-state index contributed by atoms with van der Waals surface area (Å²) in [6.07, 6.45) is 0.0513. The van der Waals surface area contributed by atoms with E-state index in [0.717, 1.165) is 0 Å². The van der Waals surface area contributed by atoms with E-state index in [4.69, 9.17) is 9.47 Å². The van der Waals surface area contributed by atoms with Gasteiger partial charge in [-0.2, -0.15) is 0 Å². The molecule has 0 aliphatic rings. The minimum atomic E-state index is -0.436. The predicted octanol–water partition coefficient (Wildman–Crippen LogP) is 2.19. The number of nitrogens with one attached hydrogen (secondary N) is 2. The van der Waals surface area contributed by atoms with E-state index in [1.807, 2.05) is 13.8 Å². The Labute approximate surface area is 141 Å². The van der Waals surface area contributed by atoms with Gasteiger partial charge in [0, 0.05) is 30.8 Å². The Morgan fingerprint density at radius 1 is 0.958 bits per heavy atom. The molecule has 2 N–H and O–H groups in total. The van der Waals surface area contributed by atoms with Crippen molar-refractivity contribution in [3.8, 4) is 0 Å². The Hall–Kier alpha value is -2.41. The zero-order chi connectivity index (χ0) is 17.9. The molecule has 1 aromatic carbocycles. The Bertz CT molecular complexity index is 555. The molecule has 0 aliphatic carbocycles. The topological polar surface area (TPSA) is 93.7 Å². The van der Waals surface area contributed by atoms with Gasteiger partial charge in [0.05, 0.1) is 13.0 Å². The van der Waals surface area contributed by atoms with Crippen molar-refractivity contribution in [1.29, 1.82) is 0 Å². The van der Waals surface area contributed by atoms with Gasteiger partial charge in [-0.3, -0.25) is 14.4 Å². The van der Waals surface area contributed by atoms with Gasteiger partial charge >= 0.3 is 5.97 Å². The van der Waals surface area contributed by atoms with E-state index < -0.39 is 5.97 Å². The van der Waals surface area contributed by atoms with Crippen molar-refractivity contribution >= 4 is 29.2 Å². The van der Waals surface area contributed by atoms with Crippen molar-refractivity contribution in [3.05, 3.63) is 24.3 Å². The van der Waals surface area contributed by atoms with E-state index >= 15 is 0 Å². The first kappa shape index (κ1) is 19.6. The van der Waals surface area contributed by atoms with Crippen LogP contribution in [0.4, 0.5) is 11.4 Å². The fourth-order valence-corrected chi connectivity index (χ4v) is 1.67. The molecule has 1 aromatic rings. The van der Waals surface area contributed by atoms with E-state index in [-0.39, 0.29) is 37.2 Å². The zero-order valence-electron chi connectivity index (χ0n) is 14.3. The number of carbonyl (C=O) groups excluding carboxylic acids is 3. The lowest BCUT2D eigenvalue weighted by Crippen LogP contribution is -2.18. The van der Waals surface area contributed by atoms with E-state index in [1.54, 1.807) is 24.3 Å². The standard InChI is InChI=1S/C17H24N2O5/c1-12(2)17(22)19-14-6-4-13(5-7-14)18-15(20)8-9-16(21)24-11-10-23-3/h4-7,12H,8-11H2,1-3H3,(H,18,20)(H,19,22). The molecule has 0 atom stereocenters. The van der Waals surface area contributed by atoms with E-state index in [9.17, 15) is 14.4 Å². The highest BCUT2D eigenvalue weighted by atomic mass is 16.6. The summed E-state index contributed by atoms with van der Waals surface area (Å²) >= 11 is 0. The first-order chi connectivity index (χ1) is 11.4. The van der Waals surface area contributed by atoms with Crippen LogP contribution in [0.3, 0.4) is 0 Å². The van der Waals surface area contributed by atoms with Gasteiger partial charge in [0.15, 0.2) is 0 Å². The lowest BCUT2D eigenvalue weighted by Gasteiger charge is -2.09. The molecule has 2 amide bonds. The molecule has 0 heterocycles. The number of amides is 2. The summed E-state index contributed by atoms with van der Waals surface area (Å²) in [5.41, 5.74) is 1.25. The molecule has 0 spiro atoms. The number of carbonyl (C=O) groups is 3. The number of hydrogen-bond donors (Lipinski definition) is 2. The van der Waals surface area contributed by atoms with Crippen LogP contribution in [0.15, 0.2) is 24.3 Å². The summed E-state index contributed by atoms with van der Waals surface area (Å²) < 4.78 is 9.63. The second-order valence-corrected chi connectivity index (χ2v) is 5.48. The second kappa shape index (κ2) is 10.4. The van der Waals surface area contributed by atoms with Gasteiger partial charge in [-0.15, -0.1) is 0 Å². The summed E-state index contributed by atoms with van der Waals surface area (Å²) in [5.74, 6) is -0.890. The normalized spacial score (nSPS) is 10.3. The molecule has 7 nitrogen and oxygen atoms in total. The van der Waals surface area contributed by atoms with E-state index in [2.05, 4.69) is 10.6 Å². The van der Waals surface area contributed by atoms with Gasteiger partial charge in [0.25, 0.3) is 0 Å². The smallest absolute Gasteiger partial charge is 0.306 e. The second-order valence-electron chi connectivity index (χ2n) is 5.48. The average molecular weight is 336 g/mol. The Balaban J connectivity index is 2.36. The van der Waals surface area contributed by atoms with Crippen molar-refractivity contribution < 1.29 is 23.9 Å². The minimum Gasteiger partial charge on any atom is -0.463 e. The van der Waals surface area contributed by atoms with Crippen molar-refractivity contribution in [3.63, 3.8) is 0 Å². The predicted molar refractivity (Wildman–Crippen MR) is 90.6 cm³/mol. The van der Waals surface area contributed by atoms with Gasteiger partial charge in [-0.1, -0.05) is 13.8 Å². The molecule has 0 radical (unpaired) electrons. The van der Waals surface area contributed by atoms with Crippen LogP contribution in [-0.4, -0.2) is 38.1 Å². The molecule has 0 aromatic heterocycles. The van der Waals surface area contributed by atoms with Crippen LogP contribution in [-0.2, 0) is 23.9 Å². The van der Waals surface area contributed by atoms with Gasteiger partial charge in [0.2, 0.25) is 11.8 Å². The molecule has 0 aliphatic heterocycles. The van der Waals surface area contributed by atoms with Crippen LogP contribution in [0.2, 0.25) is 0 Å². The molecule has 132 valence electrons. The third kappa shape index (κ3) is 7.73. The number of ether oxygens (including phenoxy) is 2. The first-order valence-corrected chi connectivity index (χ1v) is 7.77. The lowest BCUT2D eigenvalue weighted by atomic mass is 10.2. The summed E-state index contributed by atoms with van der Waals surface area (Å²) in [4.78, 5) is 34.8. The molecule has 0 fully saturated rings. The number of anilines is 2. The fourth-order valence-electron chi connectivity index (χ4n) is 1.67. The SMILES string of the molecule is COCCOC(=O)CCC(=O)Nc1ccc(NC(=O)C(C)C)cc1. The molecule has 7 heteroatoms. The number of rotatable bonds is 9. The molecular formula is C17H24N2O5. The van der Waals surface area contributed by atoms with Crippen molar-refractivity contribution in [2.75, 3.05) is 31.0 Å². The van der Waals surface area contributed by atoms with E-state index in [0.29, 0.717) is 18.0 Å². The molecular weight excluding hydrogens is 312 g/mol. The molecule has 0 saturated carbocycles. The maximum Gasteiger partial charge on any atom is 0.306 e. The number of benzene rings is 1. The number of esters is 1. The third-order valence-electron chi connectivity index (χ3n) is 3.07. The summed E-state index contributed by atoms with van der Waals surface area (Å²) in [6, 6.07) is 6.78. The average Bonchev–Trinajstić information content (AvgIpc) is 2.55. The highest BCUT2D eigenvalue weighted by Crippen LogP contribution is 2.15. The van der Waals surface area contributed by atoms with E-state index in [1.165, 1.54) is 7.11 Å². The van der Waals surface area contributed by atoms with Gasteiger partial charge < -0.3 is 20.1 Å². The highest BCUT2D eigenvalue weighted by Gasteiger charge is 2.09. The molecule has 24 heavy (non-hydrogen) atoms. The maximum absolute atomic E-state index is 11.8. The molecule has 0 bridgehead atoms. The third-order valence-corrected chi connectivity index (χ3v) is 3.07. The Morgan fingerprint density at radius 3 is 2.08 bits per heavy atom.